The minimum Gasteiger partial charge on any atom is -0.377 e. The number of benzene rings is 1. The Hall–Kier alpha value is -0.860. The van der Waals surface area contributed by atoms with Gasteiger partial charge in [0.05, 0.1) is 6.10 Å². The maximum atomic E-state index is 6.09. The molecule has 1 heterocycles. The number of nitrogens with one attached hydrogen (secondary N) is 2. The first-order valence-corrected chi connectivity index (χ1v) is 10.1. The summed E-state index contributed by atoms with van der Waals surface area (Å²) in [6.45, 7) is 10.3. The first-order chi connectivity index (χ1) is 12.8. The minimum absolute atomic E-state index is 0. The van der Waals surface area contributed by atoms with E-state index in [9.17, 15) is 0 Å². The SMILES string of the molecule is CN=C(NCc1ccc(CN(C)C)cc1)NCC1CCCOC1C(C)(C)C.I. The van der Waals surface area contributed by atoms with Crippen molar-refractivity contribution in [1.82, 2.24) is 15.5 Å². The molecule has 28 heavy (non-hydrogen) atoms. The molecule has 0 bridgehead atoms. The third kappa shape index (κ3) is 8.25. The predicted octanol–water partition coefficient (Wildman–Crippen LogP) is 3.87. The van der Waals surface area contributed by atoms with Gasteiger partial charge in [0.1, 0.15) is 0 Å². The van der Waals surface area contributed by atoms with Crippen LogP contribution in [0.5, 0.6) is 0 Å². The van der Waals surface area contributed by atoms with Crippen LogP contribution in [-0.4, -0.2) is 51.3 Å². The van der Waals surface area contributed by atoms with Gasteiger partial charge in [-0.3, -0.25) is 4.99 Å². The zero-order valence-electron chi connectivity index (χ0n) is 18.4. The van der Waals surface area contributed by atoms with Crippen molar-refractivity contribution in [1.29, 1.82) is 0 Å². The molecule has 5 nitrogen and oxygen atoms in total. The monoisotopic (exact) mass is 502 g/mol. The number of hydrogen-bond donors (Lipinski definition) is 2. The van der Waals surface area contributed by atoms with Crippen LogP contribution in [0.3, 0.4) is 0 Å². The van der Waals surface area contributed by atoms with Crippen LogP contribution in [0.25, 0.3) is 0 Å². The van der Waals surface area contributed by atoms with Gasteiger partial charge in [0.25, 0.3) is 0 Å². The Labute approximate surface area is 188 Å². The van der Waals surface area contributed by atoms with Crippen molar-refractivity contribution >= 4 is 29.9 Å². The molecular formula is C22H39IN4O. The first kappa shape index (κ1) is 25.2. The number of ether oxygens (including phenoxy) is 1. The normalized spacial score (nSPS) is 20.6. The second-order valence-corrected chi connectivity index (χ2v) is 8.92. The van der Waals surface area contributed by atoms with E-state index in [1.54, 1.807) is 0 Å². The predicted molar refractivity (Wildman–Crippen MR) is 129 cm³/mol. The molecule has 0 saturated carbocycles. The number of hydrogen-bond acceptors (Lipinski definition) is 3. The molecule has 2 unspecified atom stereocenters. The lowest BCUT2D eigenvalue weighted by Crippen LogP contribution is -2.47. The summed E-state index contributed by atoms with van der Waals surface area (Å²) in [7, 11) is 6.01. The average Bonchev–Trinajstić information content (AvgIpc) is 2.62. The lowest BCUT2D eigenvalue weighted by Gasteiger charge is -2.40. The Morgan fingerprint density at radius 3 is 2.36 bits per heavy atom. The maximum Gasteiger partial charge on any atom is 0.191 e. The van der Waals surface area contributed by atoms with Gasteiger partial charge < -0.3 is 20.3 Å². The highest BCUT2D eigenvalue weighted by Crippen LogP contribution is 2.33. The summed E-state index contributed by atoms with van der Waals surface area (Å²) in [4.78, 5) is 6.56. The fraction of sp³-hybridized carbons (Fsp3) is 0.682. The van der Waals surface area contributed by atoms with E-state index in [-0.39, 0.29) is 29.4 Å². The number of halogens is 1. The molecular weight excluding hydrogens is 463 g/mol. The van der Waals surface area contributed by atoms with E-state index < -0.39 is 0 Å². The number of aliphatic imine (C=N–C) groups is 1. The third-order valence-corrected chi connectivity index (χ3v) is 5.04. The average molecular weight is 502 g/mol. The van der Waals surface area contributed by atoms with Crippen LogP contribution in [0, 0.1) is 11.3 Å². The Morgan fingerprint density at radius 1 is 1.14 bits per heavy atom. The van der Waals surface area contributed by atoms with Crippen LogP contribution in [0.1, 0.15) is 44.7 Å². The Balaban J connectivity index is 0.00000392. The molecule has 1 aromatic rings. The summed E-state index contributed by atoms with van der Waals surface area (Å²) in [5.41, 5.74) is 2.75. The van der Waals surface area contributed by atoms with Crippen LogP contribution in [-0.2, 0) is 17.8 Å². The van der Waals surface area contributed by atoms with Crippen molar-refractivity contribution in [2.75, 3.05) is 34.3 Å². The largest absolute Gasteiger partial charge is 0.377 e. The van der Waals surface area contributed by atoms with Crippen LogP contribution >= 0.6 is 24.0 Å². The van der Waals surface area contributed by atoms with Gasteiger partial charge >= 0.3 is 0 Å². The second-order valence-electron chi connectivity index (χ2n) is 8.92. The van der Waals surface area contributed by atoms with Crippen molar-refractivity contribution in [3.05, 3.63) is 35.4 Å². The van der Waals surface area contributed by atoms with Crippen LogP contribution < -0.4 is 10.6 Å². The Morgan fingerprint density at radius 2 is 1.79 bits per heavy atom. The summed E-state index contributed by atoms with van der Waals surface area (Å²) < 4.78 is 6.09. The van der Waals surface area contributed by atoms with Gasteiger partial charge in [-0.2, -0.15) is 0 Å². The molecule has 0 spiro atoms. The third-order valence-electron chi connectivity index (χ3n) is 5.04. The van der Waals surface area contributed by atoms with Gasteiger partial charge in [-0.25, -0.2) is 0 Å². The molecule has 6 heteroatoms. The molecule has 2 rings (SSSR count). The van der Waals surface area contributed by atoms with E-state index in [0.29, 0.717) is 12.0 Å². The highest BCUT2D eigenvalue weighted by molar-refractivity contribution is 14.0. The Kier molecular flexibility index (Phi) is 10.8. The molecule has 0 radical (unpaired) electrons. The smallest absolute Gasteiger partial charge is 0.191 e. The quantitative estimate of drug-likeness (QED) is 0.352. The van der Waals surface area contributed by atoms with Crippen molar-refractivity contribution in [2.45, 2.75) is 52.8 Å². The number of nitrogens with zero attached hydrogens (tertiary/aromatic N) is 2. The molecule has 0 aliphatic carbocycles. The van der Waals surface area contributed by atoms with Gasteiger partial charge in [0.15, 0.2) is 5.96 Å². The van der Waals surface area contributed by atoms with Crippen LogP contribution in [0.15, 0.2) is 29.3 Å². The molecule has 1 aromatic carbocycles. The lowest BCUT2D eigenvalue weighted by molar-refractivity contribution is -0.0835. The summed E-state index contributed by atoms with van der Waals surface area (Å²) >= 11 is 0. The van der Waals surface area contributed by atoms with Gasteiger partial charge in [-0.15, -0.1) is 24.0 Å². The standard InChI is InChI=1S/C22H38N4O.HI/c1-22(2,3)20-19(8-7-13-27-20)15-25-21(23-4)24-14-17-9-11-18(12-10-17)16-26(5)6;/h9-12,19-20H,7-8,13-16H2,1-6H3,(H2,23,24,25);1H. The fourth-order valence-electron chi connectivity index (χ4n) is 3.77. The molecule has 160 valence electrons. The molecule has 2 N–H and O–H groups in total. The fourth-order valence-corrected chi connectivity index (χ4v) is 3.77. The van der Waals surface area contributed by atoms with E-state index in [1.807, 2.05) is 7.05 Å². The second kappa shape index (κ2) is 12.0. The lowest BCUT2D eigenvalue weighted by atomic mass is 9.78. The van der Waals surface area contributed by atoms with Crippen LogP contribution in [0.2, 0.25) is 0 Å². The number of guanidine groups is 1. The van der Waals surface area contributed by atoms with Crippen molar-refractivity contribution < 1.29 is 4.74 Å². The van der Waals surface area contributed by atoms with Gasteiger partial charge in [-0.05, 0) is 43.5 Å². The highest BCUT2D eigenvalue weighted by Gasteiger charge is 2.35. The molecule has 1 saturated heterocycles. The van der Waals surface area contributed by atoms with Crippen molar-refractivity contribution in [3.63, 3.8) is 0 Å². The zero-order chi connectivity index (χ0) is 19.9. The Bertz CT molecular complexity index is 596. The van der Waals surface area contributed by atoms with Crippen molar-refractivity contribution in [3.8, 4) is 0 Å². The topological polar surface area (TPSA) is 48.9 Å². The molecule has 1 fully saturated rings. The zero-order valence-corrected chi connectivity index (χ0v) is 20.7. The molecule has 0 aromatic heterocycles. The van der Waals surface area contributed by atoms with E-state index in [0.717, 1.165) is 38.6 Å². The highest BCUT2D eigenvalue weighted by atomic mass is 127. The van der Waals surface area contributed by atoms with E-state index in [2.05, 4.69) is 79.7 Å². The molecule has 1 aliphatic heterocycles. The summed E-state index contributed by atoms with van der Waals surface area (Å²) in [5, 5.41) is 6.93. The van der Waals surface area contributed by atoms with Crippen molar-refractivity contribution in [2.24, 2.45) is 16.3 Å². The number of rotatable bonds is 6. The van der Waals surface area contributed by atoms with E-state index in [4.69, 9.17) is 4.74 Å². The molecule has 0 amide bonds. The van der Waals surface area contributed by atoms with Gasteiger partial charge in [0, 0.05) is 39.2 Å². The maximum absolute atomic E-state index is 6.09. The summed E-state index contributed by atoms with van der Waals surface area (Å²) in [5.74, 6) is 1.37. The molecule has 1 aliphatic rings. The van der Waals surface area contributed by atoms with Crippen LogP contribution in [0.4, 0.5) is 0 Å². The van der Waals surface area contributed by atoms with Gasteiger partial charge in [0.2, 0.25) is 0 Å². The summed E-state index contributed by atoms with van der Waals surface area (Å²) in [6, 6.07) is 8.76. The van der Waals surface area contributed by atoms with E-state index >= 15 is 0 Å². The minimum atomic E-state index is 0. The summed E-state index contributed by atoms with van der Waals surface area (Å²) in [6.07, 6.45) is 2.64. The van der Waals surface area contributed by atoms with Gasteiger partial charge in [-0.1, -0.05) is 45.0 Å². The first-order valence-electron chi connectivity index (χ1n) is 10.1. The van der Waals surface area contributed by atoms with E-state index in [1.165, 1.54) is 17.5 Å². The molecule has 2 atom stereocenters.